The summed E-state index contributed by atoms with van der Waals surface area (Å²) in [5.74, 6) is 0. The van der Waals surface area contributed by atoms with Gasteiger partial charge in [-0.25, -0.2) is 0 Å². The maximum absolute atomic E-state index is 5.47. The van der Waals surface area contributed by atoms with E-state index in [1.807, 2.05) is 7.11 Å². The Bertz CT molecular complexity index is 169. The highest BCUT2D eigenvalue weighted by Gasteiger charge is 2.29. The molecule has 0 unspecified atom stereocenters. The Morgan fingerprint density at radius 3 is 2.64 bits per heavy atom. The summed E-state index contributed by atoms with van der Waals surface area (Å²) >= 11 is 0. The molecule has 0 spiro atoms. The van der Waals surface area contributed by atoms with Crippen molar-refractivity contribution in [3.63, 3.8) is 0 Å². The van der Waals surface area contributed by atoms with Crippen LogP contribution in [0.1, 0.15) is 32.1 Å². The van der Waals surface area contributed by atoms with Crippen LogP contribution in [0.3, 0.4) is 0 Å². The number of rotatable bonds is 3. The molecule has 1 saturated carbocycles. The SMILES string of the molecule is CO[C@H]1CCC[C@@H]1NC1CCOCC1. The molecule has 2 fully saturated rings. The molecule has 1 saturated heterocycles. The fourth-order valence-electron chi connectivity index (χ4n) is 2.57. The van der Waals surface area contributed by atoms with Gasteiger partial charge in [0.05, 0.1) is 6.10 Å². The lowest BCUT2D eigenvalue weighted by atomic mass is 10.1. The standard InChI is InChI=1S/C11H21NO2/c1-13-11-4-2-3-10(11)12-9-5-7-14-8-6-9/h9-12H,2-8H2,1H3/t10-,11-/m0/s1. The van der Waals surface area contributed by atoms with E-state index in [2.05, 4.69) is 5.32 Å². The van der Waals surface area contributed by atoms with E-state index in [0.717, 1.165) is 26.1 Å². The molecule has 82 valence electrons. The number of methoxy groups -OCH3 is 1. The van der Waals surface area contributed by atoms with Crippen molar-refractivity contribution in [1.82, 2.24) is 5.32 Å². The minimum absolute atomic E-state index is 0.442. The van der Waals surface area contributed by atoms with Gasteiger partial charge in [0.15, 0.2) is 0 Å². The summed E-state index contributed by atoms with van der Waals surface area (Å²) in [7, 11) is 1.83. The van der Waals surface area contributed by atoms with Crippen molar-refractivity contribution in [3.05, 3.63) is 0 Å². The van der Waals surface area contributed by atoms with Crippen molar-refractivity contribution in [3.8, 4) is 0 Å². The number of hydrogen-bond acceptors (Lipinski definition) is 3. The van der Waals surface area contributed by atoms with Crippen LogP contribution in [0.5, 0.6) is 0 Å². The zero-order chi connectivity index (χ0) is 9.80. The van der Waals surface area contributed by atoms with Gasteiger partial charge in [0, 0.05) is 32.4 Å². The molecule has 2 atom stereocenters. The van der Waals surface area contributed by atoms with Crippen LogP contribution in [0.2, 0.25) is 0 Å². The predicted molar refractivity (Wildman–Crippen MR) is 55.4 cm³/mol. The molecular formula is C11H21NO2. The molecule has 0 aromatic heterocycles. The summed E-state index contributed by atoms with van der Waals surface area (Å²) in [6, 6.07) is 1.24. The minimum atomic E-state index is 0.442. The van der Waals surface area contributed by atoms with Gasteiger partial charge < -0.3 is 14.8 Å². The highest BCUT2D eigenvalue weighted by molar-refractivity contribution is 4.87. The Kier molecular flexibility index (Phi) is 3.79. The van der Waals surface area contributed by atoms with Gasteiger partial charge in [-0.3, -0.25) is 0 Å². The third-order valence-corrected chi connectivity index (χ3v) is 3.43. The molecule has 0 amide bonds. The molecule has 1 N–H and O–H groups in total. The molecule has 0 aromatic carbocycles. The second-order valence-electron chi connectivity index (χ2n) is 4.36. The van der Waals surface area contributed by atoms with Gasteiger partial charge in [0.25, 0.3) is 0 Å². The summed E-state index contributed by atoms with van der Waals surface area (Å²) in [5.41, 5.74) is 0. The van der Waals surface area contributed by atoms with E-state index < -0.39 is 0 Å². The van der Waals surface area contributed by atoms with E-state index in [-0.39, 0.29) is 0 Å². The van der Waals surface area contributed by atoms with Crippen LogP contribution in [0, 0.1) is 0 Å². The van der Waals surface area contributed by atoms with Gasteiger partial charge in [0.2, 0.25) is 0 Å². The van der Waals surface area contributed by atoms with Crippen molar-refractivity contribution in [1.29, 1.82) is 0 Å². The lowest BCUT2D eigenvalue weighted by molar-refractivity contribution is 0.0524. The Morgan fingerprint density at radius 1 is 1.14 bits per heavy atom. The number of hydrogen-bond donors (Lipinski definition) is 1. The first-order valence-corrected chi connectivity index (χ1v) is 5.76. The maximum atomic E-state index is 5.47. The molecule has 2 rings (SSSR count). The Labute approximate surface area is 86.2 Å². The largest absolute Gasteiger partial charge is 0.381 e. The molecule has 0 aromatic rings. The molecule has 0 radical (unpaired) electrons. The average Bonchev–Trinajstić information content (AvgIpc) is 2.67. The van der Waals surface area contributed by atoms with E-state index in [4.69, 9.17) is 9.47 Å². The van der Waals surface area contributed by atoms with Crippen molar-refractivity contribution < 1.29 is 9.47 Å². The summed E-state index contributed by atoms with van der Waals surface area (Å²) in [4.78, 5) is 0. The summed E-state index contributed by atoms with van der Waals surface area (Å²) in [6.07, 6.45) is 6.56. The zero-order valence-electron chi connectivity index (χ0n) is 9.00. The Hall–Kier alpha value is -0.120. The zero-order valence-corrected chi connectivity index (χ0v) is 9.00. The van der Waals surface area contributed by atoms with Gasteiger partial charge >= 0.3 is 0 Å². The van der Waals surface area contributed by atoms with E-state index in [1.165, 1.54) is 19.3 Å². The van der Waals surface area contributed by atoms with Gasteiger partial charge in [-0.1, -0.05) is 0 Å². The van der Waals surface area contributed by atoms with Crippen LogP contribution in [-0.2, 0) is 9.47 Å². The fraction of sp³-hybridized carbons (Fsp3) is 1.00. The van der Waals surface area contributed by atoms with Gasteiger partial charge in [-0.15, -0.1) is 0 Å². The van der Waals surface area contributed by atoms with Crippen LogP contribution in [0.25, 0.3) is 0 Å². The number of ether oxygens (including phenoxy) is 2. The molecule has 14 heavy (non-hydrogen) atoms. The van der Waals surface area contributed by atoms with Crippen LogP contribution in [-0.4, -0.2) is 38.5 Å². The topological polar surface area (TPSA) is 30.5 Å². The molecular weight excluding hydrogens is 178 g/mol. The van der Waals surface area contributed by atoms with Crippen molar-refractivity contribution >= 4 is 0 Å². The maximum Gasteiger partial charge on any atom is 0.0724 e. The molecule has 3 heteroatoms. The third kappa shape index (κ3) is 2.47. The predicted octanol–water partition coefficient (Wildman–Crippen LogP) is 1.32. The minimum Gasteiger partial charge on any atom is -0.381 e. The molecule has 1 aliphatic heterocycles. The smallest absolute Gasteiger partial charge is 0.0724 e. The first kappa shape index (κ1) is 10.4. The first-order chi connectivity index (χ1) is 6.90. The van der Waals surface area contributed by atoms with E-state index in [0.29, 0.717) is 18.2 Å². The van der Waals surface area contributed by atoms with E-state index in [1.54, 1.807) is 0 Å². The van der Waals surface area contributed by atoms with E-state index in [9.17, 15) is 0 Å². The Morgan fingerprint density at radius 2 is 1.93 bits per heavy atom. The van der Waals surface area contributed by atoms with Gasteiger partial charge in [0.1, 0.15) is 0 Å². The first-order valence-electron chi connectivity index (χ1n) is 5.76. The van der Waals surface area contributed by atoms with Crippen molar-refractivity contribution in [2.75, 3.05) is 20.3 Å². The normalized spacial score (nSPS) is 34.9. The summed E-state index contributed by atoms with van der Waals surface area (Å²) < 4.78 is 10.8. The average molecular weight is 199 g/mol. The van der Waals surface area contributed by atoms with Crippen LogP contribution in [0.15, 0.2) is 0 Å². The second kappa shape index (κ2) is 5.10. The lowest BCUT2D eigenvalue weighted by Gasteiger charge is -2.29. The lowest BCUT2D eigenvalue weighted by Crippen LogP contribution is -2.45. The molecule has 2 aliphatic rings. The van der Waals surface area contributed by atoms with Crippen LogP contribution < -0.4 is 5.32 Å². The van der Waals surface area contributed by atoms with Crippen molar-refractivity contribution in [2.45, 2.75) is 50.3 Å². The molecule has 1 aliphatic carbocycles. The van der Waals surface area contributed by atoms with Crippen molar-refractivity contribution in [2.24, 2.45) is 0 Å². The molecule has 3 nitrogen and oxygen atoms in total. The van der Waals surface area contributed by atoms with E-state index >= 15 is 0 Å². The Balaban J connectivity index is 1.77. The van der Waals surface area contributed by atoms with Crippen LogP contribution in [0.4, 0.5) is 0 Å². The second-order valence-corrected chi connectivity index (χ2v) is 4.36. The molecule has 1 heterocycles. The highest BCUT2D eigenvalue weighted by atomic mass is 16.5. The quantitative estimate of drug-likeness (QED) is 0.743. The summed E-state index contributed by atoms with van der Waals surface area (Å²) in [6.45, 7) is 1.84. The highest BCUT2D eigenvalue weighted by Crippen LogP contribution is 2.23. The fourth-order valence-corrected chi connectivity index (χ4v) is 2.57. The van der Waals surface area contributed by atoms with Gasteiger partial charge in [-0.05, 0) is 32.1 Å². The molecule has 0 bridgehead atoms. The summed E-state index contributed by atoms with van der Waals surface area (Å²) in [5, 5.41) is 3.71. The van der Waals surface area contributed by atoms with Gasteiger partial charge in [-0.2, -0.15) is 0 Å². The third-order valence-electron chi connectivity index (χ3n) is 3.43. The number of nitrogens with one attached hydrogen (secondary N) is 1. The monoisotopic (exact) mass is 199 g/mol. The van der Waals surface area contributed by atoms with Crippen LogP contribution >= 0.6 is 0 Å².